The Balaban J connectivity index is 2.95. The molecule has 0 aromatic heterocycles. The van der Waals surface area contributed by atoms with Crippen molar-refractivity contribution in [2.75, 3.05) is 0 Å². The van der Waals surface area contributed by atoms with Crippen LogP contribution in [0.3, 0.4) is 0 Å². The van der Waals surface area contributed by atoms with Gasteiger partial charge in [-0.15, -0.1) is 12.3 Å². The molecule has 1 fully saturated rings. The van der Waals surface area contributed by atoms with E-state index in [2.05, 4.69) is 53.1 Å². The molecule has 14 heavy (non-hydrogen) atoms. The summed E-state index contributed by atoms with van der Waals surface area (Å²) in [6, 6.07) is 0. The summed E-state index contributed by atoms with van der Waals surface area (Å²) in [6.07, 6.45) is 0. The Bertz CT molecular complexity index is 205. The molecule has 0 amide bonds. The molecule has 4 atom stereocenters. The van der Waals surface area contributed by atoms with E-state index in [1.165, 1.54) is 0 Å². The Kier molecular flexibility index (Phi) is 3.30. The number of hydrogen-bond acceptors (Lipinski definition) is 0. The third kappa shape index (κ3) is 1.71. The lowest BCUT2D eigenvalue weighted by atomic mass is 9.92. The van der Waals surface area contributed by atoms with Crippen LogP contribution < -0.4 is 0 Å². The Hall–Kier alpha value is -0.0431. The fourth-order valence-corrected chi connectivity index (χ4v) is 7.17. The summed E-state index contributed by atoms with van der Waals surface area (Å²) in [6.45, 7) is 18.8. The molecule has 0 nitrogen and oxygen atoms in total. The van der Waals surface area contributed by atoms with Crippen LogP contribution in [-0.4, -0.2) is 8.07 Å². The van der Waals surface area contributed by atoms with Gasteiger partial charge in [0.15, 0.2) is 0 Å². The minimum absolute atomic E-state index is 0.889. The van der Waals surface area contributed by atoms with E-state index < -0.39 is 8.07 Å². The monoisotopic (exact) mass is 210 g/mol. The van der Waals surface area contributed by atoms with Crippen LogP contribution in [0.2, 0.25) is 18.6 Å². The van der Waals surface area contributed by atoms with Crippen molar-refractivity contribution < 1.29 is 0 Å². The summed E-state index contributed by atoms with van der Waals surface area (Å²) >= 11 is 0. The first-order valence-electron chi connectivity index (χ1n) is 5.96. The summed E-state index contributed by atoms with van der Waals surface area (Å²) in [5.41, 5.74) is 3.22. The van der Waals surface area contributed by atoms with Crippen LogP contribution in [0.25, 0.3) is 0 Å². The van der Waals surface area contributed by atoms with Crippen LogP contribution in [0.5, 0.6) is 0 Å². The summed E-state index contributed by atoms with van der Waals surface area (Å²) in [4.78, 5) is 0. The van der Waals surface area contributed by atoms with Gasteiger partial charge in [-0.3, -0.25) is 0 Å². The molecule has 0 spiro atoms. The van der Waals surface area contributed by atoms with Gasteiger partial charge < -0.3 is 0 Å². The zero-order valence-corrected chi connectivity index (χ0v) is 11.7. The lowest BCUT2D eigenvalue weighted by Gasteiger charge is -2.33. The molecule has 1 rings (SSSR count). The molecule has 0 N–H and O–H groups in total. The van der Waals surface area contributed by atoms with Crippen molar-refractivity contribution in [2.45, 2.75) is 46.3 Å². The first-order valence-corrected chi connectivity index (χ1v) is 9.12. The van der Waals surface area contributed by atoms with E-state index in [-0.39, 0.29) is 0 Å². The van der Waals surface area contributed by atoms with Gasteiger partial charge in [-0.1, -0.05) is 40.8 Å². The molecule has 0 bridgehead atoms. The highest BCUT2D eigenvalue weighted by atomic mass is 28.3. The molecule has 0 aliphatic heterocycles. The molecule has 82 valence electrons. The third-order valence-corrected chi connectivity index (χ3v) is 8.83. The summed E-state index contributed by atoms with van der Waals surface area (Å²) < 4.78 is 0. The quantitative estimate of drug-likeness (QED) is 0.595. The van der Waals surface area contributed by atoms with Crippen molar-refractivity contribution in [1.82, 2.24) is 0 Å². The first-order chi connectivity index (χ1) is 6.33. The van der Waals surface area contributed by atoms with Crippen LogP contribution in [0, 0.1) is 23.7 Å². The van der Waals surface area contributed by atoms with E-state index in [9.17, 15) is 0 Å². The smallest absolute Gasteiger partial charge is 0.0745 e. The maximum absolute atomic E-state index is 4.06. The lowest BCUT2D eigenvalue weighted by Crippen LogP contribution is -2.35. The lowest BCUT2D eigenvalue weighted by molar-refractivity contribution is 0.352. The van der Waals surface area contributed by atoms with Gasteiger partial charge in [-0.05, 0) is 29.2 Å². The molecular formula is C13H26Si. The molecule has 0 saturated heterocycles. The Labute approximate surface area is 90.8 Å². The Morgan fingerprint density at radius 1 is 0.857 bits per heavy atom. The second-order valence-electron chi connectivity index (χ2n) is 5.99. The predicted octanol–water partition coefficient (Wildman–Crippen LogP) is 4.35. The van der Waals surface area contributed by atoms with E-state index in [4.69, 9.17) is 0 Å². The average Bonchev–Trinajstić information content (AvgIpc) is 2.31. The summed E-state index contributed by atoms with van der Waals surface area (Å²) in [5.74, 6) is 3.56. The molecule has 1 aliphatic rings. The van der Waals surface area contributed by atoms with Gasteiger partial charge in [0.25, 0.3) is 0 Å². The van der Waals surface area contributed by atoms with Gasteiger partial charge in [-0.25, -0.2) is 0 Å². The van der Waals surface area contributed by atoms with Gasteiger partial charge >= 0.3 is 0 Å². The second-order valence-corrected chi connectivity index (χ2v) is 10.7. The highest BCUT2D eigenvalue weighted by Crippen LogP contribution is 2.53. The molecule has 0 aromatic carbocycles. The second kappa shape index (κ2) is 3.84. The van der Waals surface area contributed by atoms with E-state index in [0.29, 0.717) is 0 Å². The SMILES string of the molecule is C=C[Si](C)(C)C1C(C)C(C)C(C)C1C. The van der Waals surface area contributed by atoms with Crippen molar-refractivity contribution in [1.29, 1.82) is 0 Å². The van der Waals surface area contributed by atoms with Gasteiger partial charge in [0.2, 0.25) is 0 Å². The zero-order chi connectivity index (χ0) is 11.1. The summed E-state index contributed by atoms with van der Waals surface area (Å²) in [7, 11) is -1.19. The van der Waals surface area contributed by atoms with Crippen molar-refractivity contribution in [2.24, 2.45) is 23.7 Å². The topological polar surface area (TPSA) is 0 Å². The Morgan fingerprint density at radius 2 is 1.21 bits per heavy atom. The average molecular weight is 210 g/mol. The highest BCUT2D eigenvalue weighted by molar-refractivity contribution is 6.83. The molecule has 1 heteroatoms. The van der Waals surface area contributed by atoms with Gasteiger partial charge in [0.1, 0.15) is 0 Å². The highest BCUT2D eigenvalue weighted by Gasteiger charge is 2.47. The summed E-state index contributed by atoms with van der Waals surface area (Å²) in [5, 5.41) is 0. The van der Waals surface area contributed by atoms with Gasteiger partial charge in [0, 0.05) is 0 Å². The van der Waals surface area contributed by atoms with E-state index in [1.54, 1.807) is 0 Å². The number of rotatable bonds is 2. The van der Waals surface area contributed by atoms with E-state index >= 15 is 0 Å². The molecule has 4 unspecified atom stereocenters. The third-order valence-electron chi connectivity index (χ3n) is 5.01. The van der Waals surface area contributed by atoms with Crippen molar-refractivity contribution in [3.05, 3.63) is 12.3 Å². The molecular weight excluding hydrogens is 184 g/mol. The minimum atomic E-state index is -1.19. The van der Waals surface area contributed by atoms with E-state index in [0.717, 1.165) is 29.2 Å². The predicted molar refractivity (Wildman–Crippen MR) is 68.1 cm³/mol. The van der Waals surface area contributed by atoms with Crippen molar-refractivity contribution in [3.63, 3.8) is 0 Å². The maximum atomic E-state index is 4.06. The first kappa shape index (κ1) is 12.0. The normalized spacial score (nSPS) is 44.0. The van der Waals surface area contributed by atoms with Crippen LogP contribution >= 0.6 is 0 Å². The van der Waals surface area contributed by atoms with Crippen LogP contribution in [0.15, 0.2) is 12.3 Å². The number of hydrogen-bond donors (Lipinski definition) is 0. The Morgan fingerprint density at radius 3 is 1.50 bits per heavy atom. The van der Waals surface area contributed by atoms with Gasteiger partial charge in [0.05, 0.1) is 8.07 Å². The van der Waals surface area contributed by atoms with Crippen LogP contribution in [0.1, 0.15) is 27.7 Å². The maximum Gasteiger partial charge on any atom is 0.0745 e. The molecule has 0 heterocycles. The van der Waals surface area contributed by atoms with Crippen LogP contribution in [-0.2, 0) is 0 Å². The molecule has 1 saturated carbocycles. The van der Waals surface area contributed by atoms with Crippen molar-refractivity contribution >= 4 is 8.07 Å². The zero-order valence-electron chi connectivity index (χ0n) is 10.7. The van der Waals surface area contributed by atoms with E-state index in [1.807, 2.05) is 0 Å². The van der Waals surface area contributed by atoms with Crippen LogP contribution in [0.4, 0.5) is 0 Å². The standard InChI is InChI=1S/C13H26Si/c1-8-14(6,7)13-11(4)9(2)10(3)12(13)5/h8-13H,1H2,2-7H3. The fourth-order valence-electron chi connectivity index (χ4n) is 3.58. The van der Waals surface area contributed by atoms with Crippen molar-refractivity contribution in [3.8, 4) is 0 Å². The molecule has 0 aromatic rings. The van der Waals surface area contributed by atoms with Gasteiger partial charge in [-0.2, -0.15) is 0 Å². The minimum Gasteiger partial charge on any atom is -0.107 e. The molecule has 0 radical (unpaired) electrons. The largest absolute Gasteiger partial charge is 0.107 e. The molecule has 1 aliphatic carbocycles. The fraction of sp³-hybridized carbons (Fsp3) is 0.846.